The predicted molar refractivity (Wildman–Crippen MR) is 98.4 cm³/mol. The lowest BCUT2D eigenvalue weighted by Gasteiger charge is -2.49. The molecule has 0 unspecified atom stereocenters. The highest BCUT2D eigenvalue weighted by molar-refractivity contribution is 7.97. The predicted octanol–water partition coefficient (Wildman–Crippen LogP) is -1.20. The number of carboxylic acid groups (broad SMARTS) is 1. The van der Waals surface area contributed by atoms with Crippen molar-refractivity contribution in [1.82, 2.24) is 34.7 Å². The molecule has 4 heterocycles. The van der Waals surface area contributed by atoms with Crippen molar-refractivity contribution in [3.05, 3.63) is 17.1 Å². The quantitative estimate of drug-likeness (QED) is 0.484. The number of aliphatic carboxylic acids is 1. The lowest BCUT2D eigenvalue weighted by atomic mass is 9.79. The number of tetrazole rings is 1. The molecule has 2 saturated heterocycles. The van der Waals surface area contributed by atoms with E-state index in [1.165, 1.54) is 11.1 Å². The number of hydrogen-bond donors (Lipinski definition) is 2. The second kappa shape index (κ2) is 7.75. The van der Waals surface area contributed by atoms with Crippen LogP contribution in [0, 0.1) is 5.92 Å². The Balaban J connectivity index is 1.56. The lowest BCUT2D eigenvalue weighted by molar-refractivity contribution is -0.190. The van der Waals surface area contributed by atoms with E-state index in [1.807, 2.05) is 0 Å². The minimum absolute atomic E-state index is 0.0122. The van der Waals surface area contributed by atoms with Gasteiger partial charge in [-0.2, -0.15) is 17.3 Å². The third-order valence-corrected chi connectivity index (χ3v) is 6.62. The highest BCUT2D eigenvalue weighted by Gasteiger charge is 2.66. The van der Waals surface area contributed by atoms with E-state index < -0.39 is 42.0 Å². The number of likely N-dealkylation sites (tertiary alicyclic amines) is 1. The molecule has 32 heavy (non-hydrogen) atoms. The van der Waals surface area contributed by atoms with Gasteiger partial charge < -0.3 is 15.3 Å². The van der Waals surface area contributed by atoms with Gasteiger partial charge in [0.2, 0.25) is 5.91 Å². The number of nitrogens with zero attached hydrogens (tertiary/aromatic N) is 6. The topological polar surface area (TPSA) is 151 Å². The SMILES string of the molecule is CNC(=O)Cc1nnnn1SCC1=C(C(=O)O)N2C(=O)[C@@H]3[C@H]2[C@H](C1)CN3C(=O)C(F)(F)F. The largest absolute Gasteiger partial charge is 0.477 e. The Bertz CT molecular complexity index is 1040. The summed E-state index contributed by atoms with van der Waals surface area (Å²) in [5.74, 6) is -5.00. The summed E-state index contributed by atoms with van der Waals surface area (Å²) in [5.41, 5.74) is 0.000448. The number of aromatic nitrogens is 4. The molecule has 0 aromatic carbocycles. The zero-order valence-electron chi connectivity index (χ0n) is 16.4. The van der Waals surface area contributed by atoms with E-state index in [1.54, 1.807) is 0 Å². The summed E-state index contributed by atoms with van der Waals surface area (Å²) in [5, 5.41) is 23.1. The van der Waals surface area contributed by atoms with Crippen LogP contribution in [0.15, 0.2) is 11.3 Å². The minimum Gasteiger partial charge on any atom is -0.477 e. The average Bonchev–Trinajstić information content (AvgIpc) is 3.31. The van der Waals surface area contributed by atoms with Gasteiger partial charge in [-0.15, -0.1) is 5.10 Å². The number of nitrogens with one attached hydrogen (secondary N) is 1. The fraction of sp³-hybridized carbons (Fsp3) is 0.562. The smallest absolute Gasteiger partial charge is 0.471 e. The molecule has 12 nitrogen and oxygen atoms in total. The van der Waals surface area contributed by atoms with Gasteiger partial charge in [0, 0.05) is 25.3 Å². The maximum Gasteiger partial charge on any atom is 0.471 e. The van der Waals surface area contributed by atoms with E-state index >= 15 is 0 Å². The van der Waals surface area contributed by atoms with Gasteiger partial charge in [0.25, 0.3) is 5.91 Å². The number of carbonyl (C=O) groups excluding carboxylic acids is 3. The van der Waals surface area contributed by atoms with Crippen molar-refractivity contribution in [2.75, 3.05) is 19.3 Å². The summed E-state index contributed by atoms with van der Waals surface area (Å²) in [6.45, 7) is -0.302. The second-order valence-corrected chi connectivity index (χ2v) is 8.30. The molecule has 4 rings (SSSR count). The molecule has 2 N–H and O–H groups in total. The first-order valence-electron chi connectivity index (χ1n) is 9.32. The van der Waals surface area contributed by atoms with E-state index in [4.69, 9.17) is 0 Å². The van der Waals surface area contributed by atoms with Crippen molar-refractivity contribution in [3.63, 3.8) is 0 Å². The Morgan fingerprint density at radius 3 is 2.66 bits per heavy atom. The number of likely N-dealkylation sites (N-methyl/N-ethyl adjacent to an activating group) is 1. The summed E-state index contributed by atoms with van der Waals surface area (Å²) < 4.78 is 40.0. The molecule has 2 fully saturated rings. The molecule has 3 amide bonds. The number of amides is 3. The van der Waals surface area contributed by atoms with Crippen LogP contribution in [-0.2, 0) is 25.6 Å². The summed E-state index contributed by atoms with van der Waals surface area (Å²) in [4.78, 5) is 49.3. The zero-order valence-corrected chi connectivity index (χ0v) is 17.2. The number of carboxylic acids is 1. The summed E-state index contributed by atoms with van der Waals surface area (Å²) in [6.07, 6.45) is -5.15. The number of rotatable bonds is 6. The van der Waals surface area contributed by atoms with Crippen molar-refractivity contribution in [3.8, 4) is 0 Å². The molecule has 0 radical (unpaired) electrons. The Labute approximate surface area is 181 Å². The first-order valence-corrected chi connectivity index (χ1v) is 10.3. The van der Waals surface area contributed by atoms with Crippen LogP contribution < -0.4 is 5.32 Å². The number of halogens is 3. The van der Waals surface area contributed by atoms with Crippen molar-refractivity contribution >= 4 is 35.6 Å². The molecule has 1 aromatic rings. The fourth-order valence-electron chi connectivity index (χ4n) is 4.31. The third kappa shape index (κ3) is 3.47. The number of carbonyl (C=O) groups is 4. The monoisotopic (exact) mass is 475 g/mol. The molecule has 3 aliphatic heterocycles. The Hall–Kier alpha value is -3.17. The summed E-state index contributed by atoms with van der Waals surface area (Å²) in [6, 6.07) is -2.11. The van der Waals surface area contributed by atoms with E-state index in [9.17, 15) is 37.5 Å². The Morgan fingerprint density at radius 2 is 2.03 bits per heavy atom. The molecule has 172 valence electrons. The van der Waals surface area contributed by atoms with Gasteiger partial charge in [-0.3, -0.25) is 19.3 Å². The van der Waals surface area contributed by atoms with Crippen LogP contribution in [0.4, 0.5) is 13.2 Å². The highest BCUT2D eigenvalue weighted by Crippen LogP contribution is 2.48. The molecule has 0 aliphatic carbocycles. The van der Waals surface area contributed by atoms with Crippen LogP contribution in [0.3, 0.4) is 0 Å². The minimum atomic E-state index is -5.13. The van der Waals surface area contributed by atoms with E-state index in [0.717, 1.165) is 16.8 Å². The van der Waals surface area contributed by atoms with Crippen molar-refractivity contribution < 1.29 is 37.5 Å². The molecule has 16 heteroatoms. The summed E-state index contributed by atoms with van der Waals surface area (Å²) in [7, 11) is 1.44. The third-order valence-electron chi connectivity index (χ3n) is 5.61. The van der Waals surface area contributed by atoms with Crippen LogP contribution in [0.2, 0.25) is 0 Å². The number of alkyl halides is 3. The Kier molecular flexibility index (Phi) is 5.34. The maximum atomic E-state index is 12.9. The van der Waals surface area contributed by atoms with E-state index in [-0.39, 0.29) is 42.6 Å². The summed E-state index contributed by atoms with van der Waals surface area (Å²) >= 11 is 0.981. The maximum absolute atomic E-state index is 12.9. The van der Waals surface area contributed by atoms with Gasteiger partial charge in [0.1, 0.15) is 11.7 Å². The van der Waals surface area contributed by atoms with Crippen molar-refractivity contribution in [1.29, 1.82) is 0 Å². The van der Waals surface area contributed by atoms with Crippen LogP contribution >= 0.6 is 11.9 Å². The zero-order chi connectivity index (χ0) is 23.4. The fourth-order valence-corrected chi connectivity index (χ4v) is 5.18. The van der Waals surface area contributed by atoms with Crippen LogP contribution in [0.1, 0.15) is 12.2 Å². The molecule has 3 atom stereocenters. The van der Waals surface area contributed by atoms with E-state index in [0.29, 0.717) is 10.5 Å². The first kappa shape index (κ1) is 22.0. The van der Waals surface area contributed by atoms with Crippen LogP contribution in [0.5, 0.6) is 0 Å². The lowest BCUT2D eigenvalue weighted by Crippen LogP contribution is -2.70. The van der Waals surface area contributed by atoms with Gasteiger partial charge >= 0.3 is 18.1 Å². The van der Waals surface area contributed by atoms with Crippen molar-refractivity contribution in [2.24, 2.45) is 5.92 Å². The highest BCUT2D eigenvalue weighted by atomic mass is 32.2. The van der Waals surface area contributed by atoms with Gasteiger partial charge in [-0.1, -0.05) is 0 Å². The average molecular weight is 475 g/mol. The number of hydrogen-bond acceptors (Lipinski definition) is 8. The van der Waals surface area contributed by atoms with Gasteiger partial charge in [-0.05, 0) is 34.4 Å². The van der Waals surface area contributed by atoms with Gasteiger partial charge in [0.15, 0.2) is 5.82 Å². The molecule has 0 bridgehead atoms. The second-order valence-electron chi connectivity index (χ2n) is 7.41. The van der Waals surface area contributed by atoms with Crippen LogP contribution in [0.25, 0.3) is 0 Å². The molecular formula is C16H16F3N7O5S. The molecule has 1 aromatic heterocycles. The number of β-lactam (4-membered cyclic amide) rings is 1. The molecule has 0 saturated carbocycles. The standard InChI is InChI=1S/C16H16F3N7O5S/c1-20-9(27)3-8-21-22-23-26(8)32-5-7-2-6-4-24(15(31)16(17,18)19)12-10(6)25(13(12)28)11(7)14(29)30/h6,10,12H,2-5H2,1H3,(H,20,27)(H,29,30)/t6-,10-,12+/m1/s1. The van der Waals surface area contributed by atoms with Gasteiger partial charge in [0.05, 0.1) is 12.5 Å². The normalized spacial score (nSPS) is 24.4. The van der Waals surface area contributed by atoms with E-state index in [2.05, 4.69) is 20.8 Å². The van der Waals surface area contributed by atoms with Crippen molar-refractivity contribution in [2.45, 2.75) is 31.1 Å². The molecule has 0 spiro atoms. The van der Waals surface area contributed by atoms with Gasteiger partial charge in [-0.25, -0.2) is 4.79 Å². The Morgan fingerprint density at radius 1 is 1.31 bits per heavy atom. The van der Waals surface area contributed by atoms with Crippen LogP contribution in [-0.4, -0.2) is 95.8 Å². The molecular weight excluding hydrogens is 459 g/mol. The molecule has 3 aliphatic rings. The first-order chi connectivity index (χ1) is 15.0.